The van der Waals surface area contributed by atoms with Gasteiger partial charge in [0, 0.05) is 24.3 Å². The van der Waals surface area contributed by atoms with E-state index >= 15 is 0 Å². The molecule has 4 rings (SSSR count). The average molecular weight is 430 g/mol. The van der Waals surface area contributed by atoms with Crippen LogP contribution in [0, 0.1) is 12.7 Å². The zero-order valence-electron chi connectivity index (χ0n) is 17.8. The topological polar surface area (TPSA) is 57.7 Å². The van der Waals surface area contributed by atoms with Gasteiger partial charge in [0.2, 0.25) is 0 Å². The number of hydrogen-bond donors (Lipinski definition) is 0. The molecule has 0 aromatic heterocycles. The number of imide groups is 1. The standard InChI is InChI=1S/C26H23FN2O3/c1-18-8-14-21(15-9-18)28(24(30)19-10-12-20(27)13-11-19)16-4-5-17-29-25(31)22-6-2-3-7-23(22)26(29)32/h2-3,6-15H,4-5,16-17H2,1H3. The van der Waals surface area contributed by atoms with Gasteiger partial charge in [0.25, 0.3) is 17.7 Å². The van der Waals surface area contributed by atoms with Crippen molar-refractivity contribution < 1.29 is 18.8 Å². The summed E-state index contributed by atoms with van der Waals surface area (Å²) in [5.74, 6) is -1.18. The third-order valence-electron chi connectivity index (χ3n) is 5.57. The van der Waals surface area contributed by atoms with Crippen molar-refractivity contribution in [3.8, 4) is 0 Å². The maximum absolute atomic E-state index is 13.3. The van der Waals surface area contributed by atoms with Gasteiger partial charge in [0.15, 0.2) is 0 Å². The number of anilines is 1. The van der Waals surface area contributed by atoms with Gasteiger partial charge >= 0.3 is 0 Å². The number of unbranched alkanes of at least 4 members (excludes halogenated alkanes) is 1. The molecule has 1 heterocycles. The highest BCUT2D eigenvalue weighted by molar-refractivity contribution is 6.21. The summed E-state index contributed by atoms with van der Waals surface area (Å²) in [6.45, 7) is 2.67. The van der Waals surface area contributed by atoms with Crippen LogP contribution in [-0.2, 0) is 0 Å². The van der Waals surface area contributed by atoms with Crippen LogP contribution in [0.2, 0.25) is 0 Å². The Hall–Kier alpha value is -3.80. The van der Waals surface area contributed by atoms with Crippen molar-refractivity contribution >= 4 is 23.4 Å². The number of nitrogens with zero attached hydrogens (tertiary/aromatic N) is 2. The van der Waals surface area contributed by atoms with Crippen LogP contribution in [0.25, 0.3) is 0 Å². The highest BCUT2D eigenvalue weighted by Crippen LogP contribution is 2.23. The lowest BCUT2D eigenvalue weighted by molar-refractivity contribution is 0.0651. The molecule has 0 unspecified atom stereocenters. The van der Waals surface area contributed by atoms with Crippen molar-refractivity contribution in [1.82, 2.24) is 4.90 Å². The molecule has 0 atom stereocenters. The second-order valence-electron chi connectivity index (χ2n) is 7.81. The summed E-state index contributed by atoms with van der Waals surface area (Å²) >= 11 is 0. The molecule has 162 valence electrons. The van der Waals surface area contributed by atoms with Crippen molar-refractivity contribution in [1.29, 1.82) is 0 Å². The zero-order chi connectivity index (χ0) is 22.7. The molecule has 3 aromatic carbocycles. The fraction of sp³-hybridized carbons (Fsp3) is 0.192. The largest absolute Gasteiger partial charge is 0.308 e. The number of hydrogen-bond acceptors (Lipinski definition) is 3. The summed E-state index contributed by atoms with van der Waals surface area (Å²) in [6, 6.07) is 19.9. The molecule has 0 fully saturated rings. The Labute approximate surface area is 186 Å². The van der Waals surface area contributed by atoms with Crippen molar-refractivity contribution in [3.63, 3.8) is 0 Å². The van der Waals surface area contributed by atoms with Gasteiger partial charge in [-0.15, -0.1) is 0 Å². The highest BCUT2D eigenvalue weighted by atomic mass is 19.1. The summed E-state index contributed by atoms with van der Waals surface area (Å²) in [4.78, 5) is 41.1. The van der Waals surface area contributed by atoms with E-state index in [9.17, 15) is 18.8 Å². The first kappa shape index (κ1) is 21.4. The van der Waals surface area contributed by atoms with E-state index in [4.69, 9.17) is 0 Å². The molecule has 0 saturated heterocycles. The Morgan fingerprint density at radius 3 is 2.03 bits per heavy atom. The predicted octanol–water partition coefficient (Wildman–Crippen LogP) is 4.86. The van der Waals surface area contributed by atoms with Crippen LogP contribution >= 0.6 is 0 Å². The second-order valence-corrected chi connectivity index (χ2v) is 7.81. The zero-order valence-corrected chi connectivity index (χ0v) is 17.8. The molecule has 1 aliphatic heterocycles. The molecule has 1 aliphatic rings. The Morgan fingerprint density at radius 1 is 0.844 bits per heavy atom. The molecule has 0 radical (unpaired) electrons. The quantitative estimate of drug-likeness (QED) is 0.397. The van der Waals surface area contributed by atoms with Crippen LogP contribution < -0.4 is 4.90 Å². The monoisotopic (exact) mass is 430 g/mol. The van der Waals surface area contributed by atoms with Gasteiger partial charge in [-0.25, -0.2) is 4.39 Å². The van der Waals surface area contributed by atoms with Gasteiger partial charge < -0.3 is 4.90 Å². The summed E-state index contributed by atoms with van der Waals surface area (Å²) in [7, 11) is 0. The van der Waals surface area contributed by atoms with Gasteiger partial charge in [-0.2, -0.15) is 0 Å². The first-order valence-corrected chi connectivity index (χ1v) is 10.5. The van der Waals surface area contributed by atoms with Gasteiger partial charge in [-0.1, -0.05) is 29.8 Å². The number of amides is 3. The molecule has 3 aromatic rings. The third kappa shape index (κ3) is 4.30. The molecule has 32 heavy (non-hydrogen) atoms. The average Bonchev–Trinajstić information content (AvgIpc) is 3.05. The second kappa shape index (κ2) is 9.14. The molecule has 5 nitrogen and oxygen atoms in total. The fourth-order valence-corrected chi connectivity index (χ4v) is 3.80. The molecular weight excluding hydrogens is 407 g/mol. The van der Waals surface area contributed by atoms with Crippen LogP contribution in [0.15, 0.2) is 72.8 Å². The SMILES string of the molecule is Cc1ccc(N(CCCCN2C(=O)c3ccccc3C2=O)C(=O)c2ccc(F)cc2)cc1. The third-order valence-corrected chi connectivity index (χ3v) is 5.57. The van der Waals surface area contributed by atoms with Gasteiger partial charge in [-0.05, 0) is 68.3 Å². The minimum absolute atomic E-state index is 0.227. The van der Waals surface area contributed by atoms with Crippen LogP contribution in [0.4, 0.5) is 10.1 Å². The fourth-order valence-electron chi connectivity index (χ4n) is 3.80. The van der Waals surface area contributed by atoms with Crippen molar-refractivity contribution in [2.24, 2.45) is 0 Å². The number of carbonyl (C=O) groups is 3. The van der Waals surface area contributed by atoms with Crippen molar-refractivity contribution in [2.45, 2.75) is 19.8 Å². The first-order chi connectivity index (χ1) is 15.5. The van der Waals surface area contributed by atoms with Crippen LogP contribution in [0.3, 0.4) is 0 Å². The summed E-state index contributed by atoms with van der Waals surface area (Å²) in [5.41, 5.74) is 3.09. The lowest BCUT2D eigenvalue weighted by Gasteiger charge is -2.24. The normalized spacial score (nSPS) is 12.8. The number of fused-ring (bicyclic) bond motifs is 1. The molecule has 0 bridgehead atoms. The maximum Gasteiger partial charge on any atom is 0.261 e. The van der Waals surface area contributed by atoms with E-state index in [0.717, 1.165) is 11.3 Å². The van der Waals surface area contributed by atoms with Crippen LogP contribution in [0.1, 0.15) is 49.5 Å². The summed E-state index contributed by atoms with van der Waals surface area (Å²) in [5, 5.41) is 0. The van der Waals surface area contributed by atoms with Crippen LogP contribution in [0.5, 0.6) is 0 Å². The molecule has 0 aliphatic carbocycles. The number of rotatable bonds is 7. The Kier molecular flexibility index (Phi) is 6.12. The first-order valence-electron chi connectivity index (χ1n) is 10.5. The molecule has 6 heteroatoms. The summed E-state index contributed by atoms with van der Waals surface area (Å²) in [6.07, 6.45) is 1.15. The Balaban J connectivity index is 1.43. The van der Waals surface area contributed by atoms with Gasteiger partial charge in [0.05, 0.1) is 11.1 Å². The molecule has 0 spiro atoms. The van der Waals surface area contributed by atoms with Crippen molar-refractivity contribution in [2.75, 3.05) is 18.0 Å². The highest BCUT2D eigenvalue weighted by Gasteiger charge is 2.34. The lowest BCUT2D eigenvalue weighted by Crippen LogP contribution is -2.34. The van der Waals surface area contributed by atoms with Gasteiger partial charge in [0.1, 0.15) is 5.82 Å². The maximum atomic E-state index is 13.3. The smallest absolute Gasteiger partial charge is 0.261 e. The van der Waals surface area contributed by atoms with Crippen LogP contribution in [-0.4, -0.2) is 35.7 Å². The number of aryl methyl sites for hydroxylation is 1. The molecule has 0 saturated carbocycles. The van der Waals surface area contributed by atoms with E-state index in [-0.39, 0.29) is 17.7 Å². The Bertz CT molecular complexity index is 1120. The van der Waals surface area contributed by atoms with E-state index < -0.39 is 5.82 Å². The number of halogens is 1. The van der Waals surface area contributed by atoms with E-state index in [2.05, 4.69) is 0 Å². The Morgan fingerprint density at radius 2 is 1.44 bits per heavy atom. The number of carbonyl (C=O) groups excluding carboxylic acids is 3. The van der Waals surface area contributed by atoms with E-state index in [1.165, 1.54) is 29.2 Å². The van der Waals surface area contributed by atoms with E-state index in [1.54, 1.807) is 29.2 Å². The van der Waals surface area contributed by atoms with Crippen molar-refractivity contribution in [3.05, 3.63) is 101 Å². The minimum Gasteiger partial charge on any atom is -0.308 e. The number of benzene rings is 3. The molecular formula is C26H23FN2O3. The van der Waals surface area contributed by atoms with E-state index in [0.29, 0.717) is 42.6 Å². The predicted molar refractivity (Wildman–Crippen MR) is 120 cm³/mol. The summed E-state index contributed by atoms with van der Waals surface area (Å²) < 4.78 is 13.3. The van der Waals surface area contributed by atoms with E-state index in [1.807, 2.05) is 31.2 Å². The molecule has 3 amide bonds. The lowest BCUT2D eigenvalue weighted by atomic mass is 10.1. The minimum atomic E-state index is -0.399. The molecule has 0 N–H and O–H groups in total. The van der Waals surface area contributed by atoms with Gasteiger partial charge in [-0.3, -0.25) is 19.3 Å².